The summed E-state index contributed by atoms with van der Waals surface area (Å²) in [5.74, 6) is -13.4. The summed E-state index contributed by atoms with van der Waals surface area (Å²) in [6.45, 7) is -5.28. The van der Waals surface area contributed by atoms with E-state index in [-0.39, 0.29) is 296 Å². The van der Waals surface area contributed by atoms with E-state index in [0.29, 0.717) is 58.3 Å². The first kappa shape index (κ1) is 103. The summed E-state index contributed by atoms with van der Waals surface area (Å²) in [6, 6.07) is 7.21. The Labute approximate surface area is 754 Å². The third kappa shape index (κ3) is 31.4. The molecule has 94 heavy (non-hydrogen) atoms. The van der Waals surface area contributed by atoms with E-state index >= 15 is 0 Å². The fourth-order valence-corrected chi connectivity index (χ4v) is 10.4. The predicted molar refractivity (Wildman–Crippen MR) is 260 cm³/mol. The van der Waals surface area contributed by atoms with Crippen molar-refractivity contribution in [2.24, 2.45) is 0 Å². The molecule has 6 rings (SSSR count). The number of carboxylic acid groups (broad SMARTS) is 4. The molecule has 0 amide bonds. The number of benzene rings is 4. The standard InChI is InChI=1S/C40H36N12O26S6.10Na/c53-31(54)15-51(16-32(55)56)39-47-35(45-37(49-39)43-25-13-23(79(61,62)63)7-9-27(25)81(67,68)69)41-21-5-3-19(29(11-21)83(73,74)75)1-2-20-4-6-22(12-30(20)84(76,77)78)42-36-46-38(50-40(48-36)52(17-33(57)58)18-34(59)60)44-26-14-24(80(64,65)66)8-10-28(26)82(70,71)72;;;;;;;;;;/h1-14H,15-18H2,(H,53,54)(H,55,56)(H,57,58)(H,59,60)(H,61,62,63)(H,64,65,66)(H,67,68,69)(H,70,71,72)(H,73,74,75)(H,76,77,78)(H2,41,43,45,47,49)(H2,42,44,46,48,50);;;;;;;;;;/q;10*+1/p-10/b2-1+;;;;;;;;;;. The number of nitrogens with zero attached hydrogens (tertiary/aromatic N) is 8. The van der Waals surface area contributed by atoms with Crippen LogP contribution in [0.3, 0.4) is 0 Å². The molecule has 2 aromatic heterocycles. The molecule has 38 nitrogen and oxygen atoms in total. The Hall–Kier alpha value is 0.780. The van der Waals surface area contributed by atoms with Gasteiger partial charge in [0.05, 0.1) is 90.8 Å². The van der Waals surface area contributed by atoms with Crippen LogP contribution in [0.15, 0.2) is 102 Å². The van der Waals surface area contributed by atoms with Gasteiger partial charge in [-0.15, -0.1) is 0 Å². The van der Waals surface area contributed by atoms with Crippen molar-refractivity contribution in [3.05, 3.63) is 83.9 Å². The Morgan fingerprint density at radius 1 is 0.340 bits per heavy atom. The van der Waals surface area contributed by atoms with Gasteiger partial charge in [0.1, 0.15) is 60.7 Å². The van der Waals surface area contributed by atoms with Gasteiger partial charge < -0.3 is 98.0 Å². The van der Waals surface area contributed by atoms with E-state index < -0.39 is 210 Å². The van der Waals surface area contributed by atoms with Crippen LogP contribution in [0.25, 0.3) is 12.2 Å². The maximum atomic E-state index is 12.7. The Balaban J connectivity index is -0.00000264. The molecule has 4 aromatic carbocycles. The minimum atomic E-state index is -5.63. The predicted octanol–water partition coefficient (Wildman–Crippen LogP) is -36.7. The quantitative estimate of drug-likeness (QED) is 0.0222. The van der Waals surface area contributed by atoms with Crippen LogP contribution in [0.1, 0.15) is 11.1 Å². The van der Waals surface area contributed by atoms with Gasteiger partial charge in [0, 0.05) is 11.4 Å². The largest absolute Gasteiger partial charge is 1.00 e. The molecule has 0 radical (unpaired) electrons. The molecule has 0 saturated heterocycles. The molecule has 4 N–H and O–H groups in total. The second kappa shape index (κ2) is 43.1. The molecule has 0 fully saturated rings. The molecule has 0 spiro atoms. The van der Waals surface area contributed by atoms with Crippen molar-refractivity contribution in [1.29, 1.82) is 0 Å². The van der Waals surface area contributed by atoms with Gasteiger partial charge in [0.25, 0.3) is 0 Å². The third-order valence-electron chi connectivity index (χ3n) is 10.1. The van der Waals surface area contributed by atoms with Gasteiger partial charge in [-0.2, -0.15) is 29.9 Å². The smallest absolute Gasteiger partial charge is 0.744 e. The SMILES string of the molecule is O=C([O-])CN(CC(=O)[O-])c1nc(Nc2ccc(/C=C/c3ccc(Nc4nc(Nc5cc(S(=O)(=O)[O-])ccc5S(=O)(=O)[O-])nc(N(CC(=O)[O-])CC(=O)[O-])n4)cc3S(=O)(=O)[O-])c(S(=O)(=O)[O-])c2)nc(Nc2cc(S(=O)(=O)[O-])ccc2S(=O)(=O)[O-])n1.[Na+].[Na+].[Na+].[Na+].[Na+].[Na+].[Na+].[Na+].[Na+].[Na+]. The summed E-state index contributed by atoms with van der Waals surface area (Å²) >= 11 is 0. The molecule has 0 aliphatic carbocycles. The number of rotatable bonds is 26. The van der Waals surface area contributed by atoms with Crippen molar-refractivity contribution in [3.63, 3.8) is 0 Å². The van der Waals surface area contributed by atoms with Crippen molar-refractivity contribution in [1.82, 2.24) is 29.9 Å². The van der Waals surface area contributed by atoms with Crippen LogP contribution >= 0.6 is 0 Å². The molecule has 2 heterocycles. The van der Waals surface area contributed by atoms with Crippen molar-refractivity contribution in [2.75, 3.05) is 57.2 Å². The number of carbonyl (C=O) groups is 4. The van der Waals surface area contributed by atoms with Crippen LogP contribution < -0.4 is 347 Å². The number of hydrogen-bond donors (Lipinski definition) is 4. The Kier molecular flexibility index (Phi) is 47.5. The summed E-state index contributed by atoms with van der Waals surface area (Å²) in [5.41, 5.74) is -4.10. The number of hydrogen-bond acceptors (Lipinski definition) is 38. The van der Waals surface area contributed by atoms with E-state index in [1.807, 2.05) is 0 Å². The number of aromatic nitrogens is 6. The number of nitrogens with one attached hydrogen (secondary N) is 4. The number of aliphatic carboxylic acids is 4. The molecule has 0 atom stereocenters. The van der Waals surface area contributed by atoms with Crippen LogP contribution in [0, 0.1) is 0 Å². The van der Waals surface area contributed by atoms with E-state index in [0.717, 1.165) is 36.4 Å². The van der Waals surface area contributed by atoms with Gasteiger partial charge in [-0.25, -0.2) is 50.5 Å². The summed E-state index contributed by atoms with van der Waals surface area (Å²) in [5, 5.41) is 55.2. The van der Waals surface area contributed by atoms with Crippen molar-refractivity contribution < 1.29 is 413 Å². The number of carboxylic acids is 4. The molecule has 0 unspecified atom stereocenters. The molecule has 0 bridgehead atoms. The molecular formula is C40H26N12Na10O26S6. The molecule has 6 aromatic rings. The second-order valence-electron chi connectivity index (χ2n) is 16.1. The number of carbonyl (C=O) groups excluding carboxylic acids is 4. The average Bonchev–Trinajstić information content (AvgIpc) is 0.813. The molecule has 0 aliphatic heterocycles. The molecular weight excluding hydrogens is 1490 g/mol. The maximum Gasteiger partial charge on any atom is 1.00 e. The van der Waals surface area contributed by atoms with E-state index in [9.17, 15) is 117 Å². The van der Waals surface area contributed by atoms with Crippen LogP contribution in [-0.2, 0) is 79.9 Å². The molecule has 0 aliphatic rings. The van der Waals surface area contributed by atoms with Crippen LogP contribution in [0.4, 0.5) is 58.4 Å². The third-order valence-corrected chi connectivity index (χ3v) is 15.4. The topological polar surface area (TPSA) is 636 Å². The monoisotopic (exact) mass is 1510 g/mol. The van der Waals surface area contributed by atoms with Gasteiger partial charge in [0.15, 0.2) is 0 Å². The van der Waals surface area contributed by atoms with Gasteiger partial charge in [-0.3, -0.25) is 0 Å². The summed E-state index contributed by atoms with van der Waals surface area (Å²) in [6.07, 6.45) is 1.57. The van der Waals surface area contributed by atoms with Crippen LogP contribution in [0.2, 0.25) is 0 Å². The first-order valence-corrected chi connectivity index (χ1v) is 30.0. The van der Waals surface area contributed by atoms with E-state index in [1.54, 1.807) is 0 Å². The zero-order valence-electron chi connectivity index (χ0n) is 50.6. The zero-order valence-corrected chi connectivity index (χ0v) is 75.5. The Morgan fingerprint density at radius 3 is 0.830 bits per heavy atom. The first-order chi connectivity index (χ1) is 38.6. The molecule has 448 valence electrons. The van der Waals surface area contributed by atoms with Crippen LogP contribution in [0.5, 0.6) is 0 Å². The van der Waals surface area contributed by atoms with E-state index in [4.69, 9.17) is 0 Å². The van der Waals surface area contributed by atoms with E-state index in [1.165, 1.54) is 0 Å². The Morgan fingerprint density at radius 2 is 0.596 bits per heavy atom. The minimum absolute atomic E-state index is 0. The normalized spacial score (nSPS) is 11.0. The summed E-state index contributed by atoms with van der Waals surface area (Å²) in [7, 11) is -33.0. The Bertz CT molecular complexity index is 4170. The fraction of sp³-hybridized carbons (Fsp3) is 0.100. The van der Waals surface area contributed by atoms with Crippen LogP contribution in [-0.4, -0.2) is 158 Å². The first-order valence-electron chi connectivity index (χ1n) is 21.5. The van der Waals surface area contributed by atoms with Crippen molar-refractivity contribution in [2.45, 2.75) is 29.4 Å². The van der Waals surface area contributed by atoms with E-state index in [2.05, 4.69) is 51.2 Å². The minimum Gasteiger partial charge on any atom is -0.744 e. The number of anilines is 10. The fourth-order valence-electron chi connectivity index (χ4n) is 6.83. The van der Waals surface area contributed by atoms with Crippen molar-refractivity contribution in [3.8, 4) is 0 Å². The average molecular weight is 1510 g/mol. The second-order valence-corrected chi connectivity index (χ2v) is 24.3. The molecule has 54 heteroatoms. The maximum absolute atomic E-state index is 12.7. The van der Waals surface area contributed by atoms with Gasteiger partial charge >= 0.3 is 296 Å². The summed E-state index contributed by atoms with van der Waals surface area (Å²) < 4.78 is 219. The zero-order chi connectivity index (χ0) is 62.7. The molecule has 0 saturated carbocycles. The van der Waals surface area contributed by atoms with Gasteiger partial charge in [0.2, 0.25) is 35.7 Å². The summed E-state index contributed by atoms with van der Waals surface area (Å²) in [4.78, 5) is 62.8. The van der Waals surface area contributed by atoms with Crippen molar-refractivity contribution >= 4 is 155 Å². The van der Waals surface area contributed by atoms with Gasteiger partial charge in [-0.1, -0.05) is 24.3 Å². The van der Waals surface area contributed by atoms with Gasteiger partial charge in [-0.05, 0) is 71.8 Å².